The van der Waals surface area contributed by atoms with Gasteiger partial charge in [0.05, 0.1) is 5.56 Å². The van der Waals surface area contributed by atoms with Crippen LogP contribution in [-0.2, 0) is 5.48 Å². The quantitative estimate of drug-likeness (QED) is 0.380. The number of fused-ring (bicyclic) bond motifs is 1. The molecule has 0 aliphatic heterocycles. The Morgan fingerprint density at radius 3 is 2.57 bits per heavy atom. The maximum absolute atomic E-state index is 10.6. The van der Waals surface area contributed by atoms with E-state index in [1.165, 1.54) is 6.33 Å². The molecule has 0 bridgehead atoms. The molecule has 124 valence electrons. The average Bonchev–Trinajstić information content (AvgIpc) is 2.88. The number of anilines is 1. The summed E-state index contributed by atoms with van der Waals surface area (Å²) in [7, 11) is 0. The molecule has 0 fully saturated rings. The standard InChI is InChI=1S/C7H6O4.C5H5N5.2H2O/c8-5-1-4(7(10)11)2-6(9)3-5;6-4-3-5(9-1-7-3)10-2-8-4;;/h1-3,8-9H,(H,10,11);1-2H,(H3,6,7,8,9,10);2*1H2. The smallest absolute Gasteiger partial charge is 0.335 e. The van der Waals surface area contributed by atoms with Crippen molar-refractivity contribution >= 4 is 23.0 Å². The fourth-order valence-corrected chi connectivity index (χ4v) is 1.53. The number of carbonyl (C=O) groups is 1. The second-order valence-corrected chi connectivity index (χ2v) is 3.93. The highest BCUT2D eigenvalue weighted by Crippen LogP contribution is 2.17. The molecule has 0 aliphatic rings. The second-order valence-electron chi connectivity index (χ2n) is 3.93. The zero-order valence-corrected chi connectivity index (χ0v) is 11.6. The first-order valence-electron chi connectivity index (χ1n) is 5.67. The summed E-state index contributed by atoms with van der Waals surface area (Å²) in [6, 6.07) is 2.91. The molecule has 11 heteroatoms. The van der Waals surface area contributed by atoms with Crippen LogP contribution in [0.3, 0.4) is 0 Å². The molecule has 1 aromatic carbocycles. The van der Waals surface area contributed by atoms with Gasteiger partial charge in [-0.15, -0.1) is 5.75 Å². The summed E-state index contributed by atoms with van der Waals surface area (Å²) < 4.78 is 0. The molecule has 0 spiro atoms. The van der Waals surface area contributed by atoms with E-state index in [1.807, 2.05) is 0 Å². The number of carboxylic acids is 1. The van der Waals surface area contributed by atoms with Gasteiger partial charge >= 0.3 is 5.97 Å². The number of imidazole rings is 1. The molecule has 0 saturated carbocycles. The molecule has 10 N–H and O–H groups in total. The van der Waals surface area contributed by atoms with E-state index < -0.39 is 11.7 Å². The number of nitrogen functional groups attached to an aromatic ring is 1. The Morgan fingerprint density at radius 1 is 1.30 bits per heavy atom. The number of aromatic nitrogens is 4. The number of H-pyrrole nitrogens is 2. The van der Waals surface area contributed by atoms with Crippen LogP contribution in [0.4, 0.5) is 5.82 Å². The maximum atomic E-state index is 10.6. The van der Waals surface area contributed by atoms with Gasteiger partial charge < -0.3 is 37.0 Å². The lowest BCUT2D eigenvalue weighted by Crippen LogP contribution is -2.06. The van der Waals surface area contributed by atoms with Gasteiger partial charge in [-0.05, 0) is 12.1 Å². The van der Waals surface area contributed by atoms with Gasteiger partial charge in [0.2, 0.25) is 12.1 Å². The summed E-state index contributed by atoms with van der Waals surface area (Å²) in [6.07, 6.45) is 3.08. The number of nitrogens with zero attached hydrogens (tertiary/aromatic N) is 2. The van der Waals surface area contributed by atoms with Gasteiger partial charge in [0.15, 0.2) is 11.8 Å². The minimum atomic E-state index is -1.22. The summed E-state index contributed by atoms with van der Waals surface area (Å²) in [4.78, 5) is 23.7. The van der Waals surface area contributed by atoms with Gasteiger partial charge in [-0.1, -0.05) is 16.0 Å². The van der Waals surface area contributed by atoms with Gasteiger partial charge in [-0.3, -0.25) is 0 Å². The zero-order chi connectivity index (χ0) is 15.4. The van der Waals surface area contributed by atoms with Crippen LogP contribution in [-0.4, -0.2) is 36.6 Å². The number of nitrogens with one attached hydrogen (secondary N) is 2. The number of aromatic hydroxyl groups is 1. The first-order valence-corrected chi connectivity index (χ1v) is 5.67. The number of aromatic carboxylic acids is 1. The Morgan fingerprint density at radius 2 is 2.00 bits per heavy atom. The van der Waals surface area contributed by atoms with Crippen LogP contribution in [0.5, 0.6) is 11.5 Å². The van der Waals surface area contributed by atoms with Crippen molar-refractivity contribution in [3.63, 3.8) is 0 Å². The third-order valence-corrected chi connectivity index (χ3v) is 2.44. The number of hydrogen-bond donors (Lipinski definition) is 4. The minimum absolute atomic E-state index is 0. The molecule has 3 rings (SSSR count). The highest BCUT2D eigenvalue weighted by molar-refractivity contribution is 5.88. The van der Waals surface area contributed by atoms with Gasteiger partial charge in [0.25, 0.3) is 5.65 Å². The molecular weight excluding hydrogens is 310 g/mol. The molecular formula is C12H15N5O6. The number of aromatic amines is 2. The van der Waals surface area contributed by atoms with Crippen molar-refractivity contribution in [1.29, 1.82) is 0 Å². The van der Waals surface area contributed by atoms with Crippen LogP contribution < -0.4 is 15.8 Å². The largest absolute Gasteiger partial charge is 0.872 e. The topological polar surface area (TPSA) is 225 Å². The van der Waals surface area contributed by atoms with Crippen molar-refractivity contribution in [1.82, 2.24) is 15.0 Å². The van der Waals surface area contributed by atoms with E-state index in [9.17, 15) is 9.90 Å². The number of benzene rings is 1. The Hall–Kier alpha value is -3.44. The minimum Gasteiger partial charge on any atom is -0.872 e. The van der Waals surface area contributed by atoms with Crippen molar-refractivity contribution in [3.8, 4) is 11.5 Å². The fourth-order valence-electron chi connectivity index (χ4n) is 1.53. The average molecular weight is 325 g/mol. The molecule has 0 saturated heterocycles. The van der Waals surface area contributed by atoms with Crippen LogP contribution >= 0.6 is 0 Å². The molecule has 2 heterocycles. The number of phenols is 1. The summed E-state index contributed by atoms with van der Waals surface area (Å²) in [5.74, 6) is -1.60. The van der Waals surface area contributed by atoms with Crippen LogP contribution in [0.1, 0.15) is 10.4 Å². The molecule has 0 unspecified atom stereocenters. The Bertz CT molecular complexity index is 770. The predicted octanol–water partition coefficient (Wildman–Crippen LogP) is -1.58. The first-order chi connectivity index (χ1) is 9.97. The van der Waals surface area contributed by atoms with E-state index in [1.54, 1.807) is 6.33 Å². The third-order valence-electron chi connectivity index (χ3n) is 2.44. The van der Waals surface area contributed by atoms with E-state index in [4.69, 9.17) is 15.9 Å². The van der Waals surface area contributed by atoms with E-state index in [0.29, 0.717) is 5.82 Å². The maximum Gasteiger partial charge on any atom is 0.335 e. The van der Waals surface area contributed by atoms with E-state index in [0.717, 1.165) is 29.4 Å². The molecule has 2 aromatic heterocycles. The Labute approximate surface area is 128 Å². The molecule has 0 radical (unpaired) electrons. The Kier molecular flexibility index (Phi) is 6.90. The summed E-state index contributed by atoms with van der Waals surface area (Å²) in [5.41, 5.74) is 6.78. The normalized spacial score (nSPS) is 9.04. The SMILES string of the molecule is Nc1nc[nH+]c2nc[nH]c12.O=C(O)c1cc([O-])cc(O)c1.[OH-].[OH3+]. The third kappa shape index (κ3) is 4.80. The zero-order valence-electron chi connectivity index (χ0n) is 11.6. The number of nitrogens with two attached hydrogens (primary N) is 1. The number of rotatable bonds is 1. The second kappa shape index (κ2) is 8.11. The summed E-state index contributed by atoms with van der Waals surface area (Å²) in [6.45, 7) is 0. The molecule has 3 aromatic rings. The lowest BCUT2D eigenvalue weighted by atomic mass is 10.2. The van der Waals surface area contributed by atoms with Gasteiger partial charge in [-0.2, -0.15) is 0 Å². The molecule has 23 heavy (non-hydrogen) atoms. The highest BCUT2D eigenvalue weighted by atomic mass is 16.4. The van der Waals surface area contributed by atoms with Crippen molar-refractivity contribution < 1.29 is 36.1 Å². The van der Waals surface area contributed by atoms with Crippen molar-refractivity contribution in [2.45, 2.75) is 0 Å². The number of phenolic OH excluding ortho intramolecular Hbond substituents is 1. The van der Waals surface area contributed by atoms with E-state index in [2.05, 4.69) is 19.9 Å². The lowest BCUT2D eigenvalue weighted by molar-refractivity contribution is -0.352. The number of hydrogen-bond acceptors (Lipinski definition) is 7. The predicted molar refractivity (Wildman–Crippen MR) is 76.2 cm³/mol. The van der Waals surface area contributed by atoms with Crippen molar-refractivity contribution in [2.24, 2.45) is 0 Å². The van der Waals surface area contributed by atoms with Crippen molar-refractivity contribution in [2.75, 3.05) is 5.73 Å². The molecule has 0 atom stereocenters. The van der Waals surface area contributed by atoms with E-state index >= 15 is 0 Å². The van der Waals surface area contributed by atoms with Gasteiger partial charge in [-0.25, -0.2) is 9.78 Å². The van der Waals surface area contributed by atoms with Gasteiger partial charge in [0.1, 0.15) is 5.75 Å². The van der Waals surface area contributed by atoms with Crippen LogP contribution in [0.2, 0.25) is 0 Å². The van der Waals surface area contributed by atoms with Crippen LogP contribution in [0, 0.1) is 0 Å². The Balaban J connectivity index is 0.000000388. The first kappa shape index (κ1) is 19.6. The lowest BCUT2D eigenvalue weighted by Gasteiger charge is -2.05. The van der Waals surface area contributed by atoms with E-state index in [-0.39, 0.29) is 22.3 Å². The summed E-state index contributed by atoms with van der Waals surface area (Å²) in [5, 5.41) is 27.8. The molecule has 0 aliphatic carbocycles. The number of carboxylic acid groups (broad SMARTS) is 1. The van der Waals surface area contributed by atoms with Crippen molar-refractivity contribution in [3.05, 3.63) is 36.4 Å². The molecule has 0 amide bonds. The van der Waals surface area contributed by atoms with Crippen LogP contribution in [0.25, 0.3) is 11.2 Å². The fraction of sp³-hybridized carbons (Fsp3) is 0. The summed E-state index contributed by atoms with van der Waals surface area (Å²) >= 11 is 0. The van der Waals surface area contributed by atoms with Crippen LogP contribution in [0.15, 0.2) is 30.9 Å². The van der Waals surface area contributed by atoms with Gasteiger partial charge in [0, 0.05) is 0 Å². The highest BCUT2D eigenvalue weighted by Gasteiger charge is 2.06. The monoisotopic (exact) mass is 325 g/mol. The molecule has 11 nitrogen and oxygen atoms in total.